The van der Waals surface area contributed by atoms with Crippen LogP contribution in [0.5, 0.6) is 0 Å². The fourth-order valence-corrected chi connectivity index (χ4v) is 2.80. The molecular weight excluding hydrogens is 262 g/mol. The number of fused-ring (bicyclic) bond motifs is 1. The Morgan fingerprint density at radius 1 is 1.43 bits per heavy atom. The van der Waals surface area contributed by atoms with E-state index in [9.17, 15) is 4.79 Å². The topological polar surface area (TPSA) is 29.5 Å². The zero-order chi connectivity index (χ0) is 15.6. The van der Waals surface area contributed by atoms with Gasteiger partial charge in [-0.2, -0.15) is 0 Å². The number of rotatable bonds is 3. The SMILES string of the molecule is CCOC(=O)/C=C(\C)c1ccc2c(c1)C(C)(C)CCN2C. The molecule has 3 heteroatoms. The Kier molecular flexibility index (Phi) is 4.40. The minimum Gasteiger partial charge on any atom is -0.463 e. The maximum atomic E-state index is 11.6. The third-order valence-corrected chi connectivity index (χ3v) is 4.29. The molecular formula is C18H25NO2. The van der Waals surface area contributed by atoms with E-state index in [1.807, 2.05) is 13.8 Å². The van der Waals surface area contributed by atoms with Gasteiger partial charge in [-0.1, -0.05) is 19.9 Å². The summed E-state index contributed by atoms with van der Waals surface area (Å²) in [5, 5.41) is 0. The highest BCUT2D eigenvalue weighted by molar-refractivity contribution is 5.91. The molecule has 0 N–H and O–H groups in total. The van der Waals surface area contributed by atoms with Gasteiger partial charge < -0.3 is 9.64 Å². The van der Waals surface area contributed by atoms with Crippen LogP contribution < -0.4 is 4.90 Å². The van der Waals surface area contributed by atoms with Crippen LogP contribution in [0.4, 0.5) is 5.69 Å². The van der Waals surface area contributed by atoms with Gasteiger partial charge in [0.2, 0.25) is 0 Å². The van der Waals surface area contributed by atoms with E-state index in [1.165, 1.54) is 11.3 Å². The first-order valence-electron chi connectivity index (χ1n) is 7.56. The van der Waals surface area contributed by atoms with E-state index in [-0.39, 0.29) is 11.4 Å². The Bertz CT molecular complexity index is 573. The van der Waals surface area contributed by atoms with Crippen molar-refractivity contribution in [1.29, 1.82) is 0 Å². The van der Waals surface area contributed by atoms with Crippen molar-refractivity contribution in [1.82, 2.24) is 0 Å². The van der Waals surface area contributed by atoms with Crippen LogP contribution in [0.3, 0.4) is 0 Å². The molecule has 3 nitrogen and oxygen atoms in total. The van der Waals surface area contributed by atoms with Crippen LogP contribution in [0.15, 0.2) is 24.3 Å². The number of ether oxygens (including phenoxy) is 1. The molecule has 0 saturated carbocycles. The summed E-state index contributed by atoms with van der Waals surface area (Å²) in [5.74, 6) is -0.274. The predicted molar refractivity (Wildman–Crippen MR) is 87.6 cm³/mol. The maximum absolute atomic E-state index is 11.6. The second-order valence-electron chi connectivity index (χ2n) is 6.37. The van der Waals surface area contributed by atoms with Gasteiger partial charge in [0.05, 0.1) is 6.61 Å². The summed E-state index contributed by atoms with van der Waals surface area (Å²) in [6, 6.07) is 6.46. The summed E-state index contributed by atoms with van der Waals surface area (Å²) in [6.07, 6.45) is 2.71. The fourth-order valence-electron chi connectivity index (χ4n) is 2.80. The molecule has 0 spiro atoms. The highest BCUT2D eigenvalue weighted by Gasteiger charge is 2.29. The standard InChI is InChI=1S/C18H25NO2/c1-6-21-17(20)11-13(2)14-7-8-16-15(12-14)18(3,4)9-10-19(16)5/h7-8,11-12H,6,9-10H2,1-5H3/b13-11+. The molecule has 0 fully saturated rings. The Balaban J connectivity index is 2.38. The Labute approximate surface area is 127 Å². The highest BCUT2D eigenvalue weighted by atomic mass is 16.5. The van der Waals surface area contributed by atoms with E-state index in [2.05, 4.69) is 44.0 Å². The first-order chi connectivity index (χ1) is 9.85. The molecule has 0 radical (unpaired) electrons. The molecule has 1 aliphatic heterocycles. The summed E-state index contributed by atoms with van der Waals surface area (Å²) >= 11 is 0. The smallest absolute Gasteiger partial charge is 0.331 e. The maximum Gasteiger partial charge on any atom is 0.331 e. The first kappa shape index (κ1) is 15.6. The lowest BCUT2D eigenvalue weighted by Crippen LogP contribution is -2.34. The quantitative estimate of drug-likeness (QED) is 0.626. The minimum atomic E-state index is -0.274. The molecule has 0 aromatic heterocycles. The van der Waals surface area contributed by atoms with Gasteiger partial charge in [0.25, 0.3) is 0 Å². The average molecular weight is 287 g/mol. The van der Waals surface area contributed by atoms with Gasteiger partial charge in [0.15, 0.2) is 0 Å². The van der Waals surface area contributed by atoms with Crippen LogP contribution in [-0.4, -0.2) is 26.2 Å². The summed E-state index contributed by atoms with van der Waals surface area (Å²) in [5.41, 5.74) is 4.84. The molecule has 2 rings (SSSR count). The van der Waals surface area contributed by atoms with Crippen molar-refractivity contribution in [2.24, 2.45) is 0 Å². The van der Waals surface area contributed by atoms with Crippen LogP contribution in [-0.2, 0) is 14.9 Å². The molecule has 0 atom stereocenters. The lowest BCUT2D eigenvalue weighted by Gasteiger charge is -2.38. The van der Waals surface area contributed by atoms with Gasteiger partial charge in [-0.05, 0) is 54.5 Å². The van der Waals surface area contributed by atoms with Gasteiger partial charge in [-0.25, -0.2) is 4.79 Å². The second kappa shape index (κ2) is 5.92. The van der Waals surface area contributed by atoms with E-state index in [1.54, 1.807) is 6.08 Å². The number of benzene rings is 1. The number of hydrogen-bond donors (Lipinski definition) is 0. The van der Waals surface area contributed by atoms with Crippen molar-refractivity contribution in [3.63, 3.8) is 0 Å². The minimum absolute atomic E-state index is 0.169. The van der Waals surface area contributed by atoms with Crippen molar-refractivity contribution in [2.45, 2.75) is 39.5 Å². The third kappa shape index (κ3) is 3.29. The number of allylic oxidation sites excluding steroid dienone is 1. The van der Waals surface area contributed by atoms with Crippen molar-refractivity contribution in [3.8, 4) is 0 Å². The monoisotopic (exact) mass is 287 g/mol. The lowest BCUT2D eigenvalue weighted by atomic mass is 9.77. The summed E-state index contributed by atoms with van der Waals surface area (Å²) in [4.78, 5) is 13.9. The normalized spacial score (nSPS) is 17.4. The van der Waals surface area contributed by atoms with Crippen LogP contribution in [0.1, 0.15) is 45.2 Å². The molecule has 0 unspecified atom stereocenters. The van der Waals surface area contributed by atoms with Gasteiger partial charge >= 0.3 is 5.97 Å². The molecule has 21 heavy (non-hydrogen) atoms. The van der Waals surface area contributed by atoms with Crippen LogP contribution >= 0.6 is 0 Å². The van der Waals surface area contributed by atoms with Crippen LogP contribution in [0, 0.1) is 0 Å². The average Bonchev–Trinajstić information content (AvgIpc) is 2.43. The van der Waals surface area contributed by atoms with Crippen LogP contribution in [0.25, 0.3) is 5.57 Å². The summed E-state index contributed by atoms with van der Waals surface area (Å²) in [6.45, 7) is 9.83. The molecule has 1 heterocycles. The lowest BCUT2D eigenvalue weighted by molar-refractivity contribution is -0.137. The van der Waals surface area contributed by atoms with E-state index in [0.29, 0.717) is 6.61 Å². The predicted octanol–water partition coefficient (Wildman–Crippen LogP) is 3.77. The van der Waals surface area contributed by atoms with Gasteiger partial charge in [0.1, 0.15) is 0 Å². The molecule has 0 amide bonds. The first-order valence-corrected chi connectivity index (χ1v) is 7.56. The second-order valence-corrected chi connectivity index (χ2v) is 6.37. The van der Waals surface area contributed by atoms with Crippen molar-refractivity contribution in [3.05, 3.63) is 35.4 Å². The highest BCUT2D eigenvalue weighted by Crippen LogP contribution is 2.40. The van der Waals surface area contributed by atoms with Gasteiger partial charge in [0, 0.05) is 25.4 Å². The fraction of sp³-hybridized carbons (Fsp3) is 0.500. The van der Waals surface area contributed by atoms with E-state index in [4.69, 9.17) is 4.74 Å². The molecule has 1 aliphatic rings. The molecule has 0 saturated heterocycles. The number of carbonyl (C=O) groups excluding carboxylic acids is 1. The van der Waals surface area contributed by atoms with E-state index < -0.39 is 0 Å². The molecule has 114 valence electrons. The number of carbonyl (C=O) groups is 1. The number of esters is 1. The largest absolute Gasteiger partial charge is 0.463 e. The zero-order valence-corrected chi connectivity index (χ0v) is 13.7. The van der Waals surface area contributed by atoms with Crippen molar-refractivity contribution in [2.75, 3.05) is 25.1 Å². The zero-order valence-electron chi connectivity index (χ0n) is 13.7. The van der Waals surface area contributed by atoms with Crippen LogP contribution in [0.2, 0.25) is 0 Å². The summed E-state index contributed by atoms with van der Waals surface area (Å²) in [7, 11) is 2.13. The Morgan fingerprint density at radius 3 is 2.81 bits per heavy atom. The summed E-state index contributed by atoms with van der Waals surface area (Å²) < 4.78 is 4.98. The number of hydrogen-bond acceptors (Lipinski definition) is 3. The van der Waals surface area contributed by atoms with Crippen molar-refractivity contribution < 1.29 is 9.53 Å². The molecule has 0 aliphatic carbocycles. The molecule has 1 aromatic carbocycles. The van der Waals surface area contributed by atoms with Crippen molar-refractivity contribution >= 4 is 17.2 Å². The van der Waals surface area contributed by atoms with Gasteiger partial charge in [-0.15, -0.1) is 0 Å². The molecule has 1 aromatic rings. The number of anilines is 1. The third-order valence-electron chi connectivity index (χ3n) is 4.29. The van der Waals surface area contributed by atoms with E-state index in [0.717, 1.165) is 24.1 Å². The Hall–Kier alpha value is -1.77. The molecule has 0 bridgehead atoms. The van der Waals surface area contributed by atoms with Gasteiger partial charge in [-0.3, -0.25) is 0 Å². The van der Waals surface area contributed by atoms with E-state index >= 15 is 0 Å². The Morgan fingerprint density at radius 2 is 2.14 bits per heavy atom. The number of nitrogens with zero attached hydrogens (tertiary/aromatic N) is 1.